The Kier molecular flexibility index (Phi) is 4.62. The number of nitrogens with one attached hydrogen (secondary N) is 1. The Hall–Kier alpha value is -1.17. The molecule has 1 N–H and O–H groups in total. The highest BCUT2D eigenvalue weighted by Crippen LogP contribution is 2.27. The zero-order chi connectivity index (χ0) is 14.9. The van der Waals surface area contributed by atoms with Crippen LogP contribution in [0, 0.1) is 31.3 Å². The number of hydrogen-bond donors (Lipinski definition) is 1. The van der Waals surface area contributed by atoms with E-state index in [1.54, 1.807) is 0 Å². The van der Waals surface area contributed by atoms with E-state index in [4.69, 9.17) is 4.98 Å². The molecule has 0 saturated heterocycles. The third-order valence-electron chi connectivity index (χ3n) is 3.44. The third kappa shape index (κ3) is 2.95. The molecule has 3 nitrogen and oxygen atoms in total. The summed E-state index contributed by atoms with van der Waals surface area (Å²) in [6.07, 6.45) is 0. The highest BCUT2D eigenvalue weighted by atomic mass is 127. The molecule has 2 aromatic rings. The predicted octanol–water partition coefficient (Wildman–Crippen LogP) is 4.41. The van der Waals surface area contributed by atoms with E-state index in [2.05, 4.69) is 72.7 Å². The summed E-state index contributed by atoms with van der Waals surface area (Å²) < 4.78 is 1.09. The van der Waals surface area contributed by atoms with Gasteiger partial charge in [0.15, 0.2) is 5.82 Å². The van der Waals surface area contributed by atoms with E-state index in [0.717, 1.165) is 33.0 Å². The van der Waals surface area contributed by atoms with Gasteiger partial charge in [0, 0.05) is 12.1 Å². The summed E-state index contributed by atoms with van der Waals surface area (Å²) in [5, 5.41) is 3.31. The van der Waals surface area contributed by atoms with Gasteiger partial charge < -0.3 is 5.32 Å². The van der Waals surface area contributed by atoms with Gasteiger partial charge in [-0.3, -0.25) is 0 Å². The molecule has 0 amide bonds. The second kappa shape index (κ2) is 6.08. The SMILES string of the molecule is CCNc1nc(-c2cc(C)c(C)cc2C)nc(C)c1I. The molecule has 4 heteroatoms. The van der Waals surface area contributed by atoms with Gasteiger partial charge in [-0.05, 0) is 80.0 Å². The fourth-order valence-electron chi connectivity index (χ4n) is 2.17. The Labute approximate surface area is 134 Å². The van der Waals surface area contributed by atoms with Gasteiger partial charge in [0.1, 0.15) is 5.82 Å². The molecule has 0 atom stereocenters. The third-order valence-corrected chi connectivity index (χ3v) is 4.73. The zero-order valence-corrected chi connectivity index (χ0v) is 14.8. The summed E-state index contributed by atoms with van der Waals surface area (Å²) in [5.41, 5.74) is 5.93. The summed E-state index contributed by atoms with van der Waals surface area (Å²) in [4.78, 5) is 9.35. The van der Waals surface area contributed by atoms with E-state index in [9.17, 15) is 0 Å². The minimum absolute atomic E-state index is 0.805. The topological polar surface area (TPSA) is 37.8 Å². The van der Waals surface area contributed by atoms with Crippen molar-refractivity contribution in [3.05, 3.63) is 38.1 Å². The van der Waals surface area contributed by atoms with Crippen molar-refractivity contribution >= 4 is 28.4 Å². The summed E-state index contributed by atoms with van der Waals surface area (Å²) in [6.45, 7) is 11.3. The summed E-state index contributed by atoms with van der Waals surface area (Å²) >= 11 is 2.30. The van der Waals surface area contributed by atoms with Crippen molar-refractivity contribution in [2.45, 2.75) is 34.6 Å². The number of nitrogens with zero attached hydrogens (tertiary/aromatic N) is 2. The van der Waals surface area contributed by atoms with Gasteiger partial charge in [0.25, 0.3) is 0 Å². The highest BCUT2D eigenvalue weighted by molar-refractivity contribution is 14.1. The maximum Gasteiger partial charge on any atom is 0.162 e. The molecule has 0 aliphatic heterocycles. The number of aryl methyl sites for hydroxylation is 4. The fourth-order valence-corrected chi connectivity index (χ4v) is 2.60. The van der Waals surface area contributed by atoms with Crippen molar-refractivity contribution in [3.8, 4) is 11.4 Å². The van der Waals surface area contributed by atoms with Gasteiger partial charge in [-0.2, -0.15) is 0 Å². The average molecular weight is 381 g/mol. The second-order valence-corrected chi connectivity index (χ2v) is 6.16. The van der Waals surface area contributed by atoms with Crippen LogP contribution in [0.2, 0.25) is 0 Å². The molecule has 0 saturated carbocycles. The Bertz CT molecular complexity index is 651. The lowest BCUT2D eigenvalue weighted by Crippen LogP contribution is -2.06. The van der Waals surface area contributed by atoms with E-state index < -0.39 is 0 Å². The fraction of sp³-hybridized carbons (Fsp3) is 0.375. The van der Waals surface area contributed by atoms with Crippen LogP contribution in [0.5, 0.6) is 0 Å². The minimum atomic E-state index is 0.805. The summed E-state index contributed by atoms with van der Waals surface area (Å²) in [7, 11) is 0. The van der Waals surface area contributed by atoms with Crippen molar-refractivity contribution in [1.29, 1.82) is 0 Å². The largest absolute Gasteiger partial charge is 0.369 e. The van der Waals surface area contributed by atoms with Gasteiger partial charge in [-0.1, -0.05) is 6.07 Å². The molecule has 106 valence electrons. The first-order valence-corrected chi connectivity index (χ1v) is 7.88. The van der Waals surface area contributed by atoms with Crippen molar-refractivity contribution < 1.29 is 0 Å². The van der Waals surface area contributed by atoms with Gasteiger partial charge in [0.05, 0.1) is 9.26 Å². The molecular weight excluding hydrogens is 361 g/mol. The van der Waals surface area contributed by atoms with Crippen molar-refractivity contribution in [2.75, 3.05) is 11.9 Å². The molecule has 0 bridgehead atoms. The molecule has 20 heavy (non-hydrogen) atoms. The molecular formula is C16H20IN3. The van der Waals surface area contributed by atoms with Crippen LogP contribution >= 0.6 is 22.6 Å². The van der Waals surface area contributed by atoms with Gasteiger partial charge in [-0.15, -0.1) is 0 Å². The number of anilines is 1. The molecule has 0 radical (unpaired) electrons. The molecule has 0 aliphatic carbocycles. The lowest BCUT2D eigenvalue weighted by molar-refractivity contribution is 1.06. The molecule has 1 aromatic carbocycles. The quantitative estimate of drug-likeness (QED) is 0.801. The molecule has 0 spiro atoms. The standard InChI is InChI=1S/C16H20IN3/c1-6-18-16-14(17)12(5)19-15(20-16)13-8-10(3)9(2)7-11(13)4/h7-8H,6H2,1-5H3,(H,18,19,20). The van der Waals surface area contributed by atoms with E-state index in [0.29, 0.717) is 0 Å². The molecule has 0 unspecified atom stereocenters. The first-order chi connectivity index (χ1) is 9.43. The maximum absolute atomic E-state index is 4.69. The normalized spacial score (nSPS) is 10.7. The van der Waals surface area contributed by atoms with Crippen molar-refractivity contribution in [1.82, 2.24) is 9.97 Å². The van der Waals surface area contributed by atoms with E-state index >= 15 is 0 Å². The lowest BCUT2D eigenvalue weighted by atomic mass is 10.0. The van der Waals surface area contributed by atoms with Crippen LogP contribution < -0.4 is 5.32 Å². The first-order valence-electron chi connectivity index (χ1n) is 6.80. The minimum Gasteiger partial charge on any atom is -0.369 e. The number of halogens is 1. The van der Waals surface area contributed by atoms with E-state index in [1.807, 2.05) is 6.92 Å². The Morgan fingerprint density at radius 3 is 2.30 bits per heavy atom. The van der Waals surface area contributed by atoms with Crippen LogP contribution in [-0.4, -0.2) is 16.5 Å². The predicted molar refractivity (Wildman–Crippen MR) is 93.3 cm³/mol. The van der Waals surface area contributed by atoms with Gasteiger partial charge >= 0.3 is 0 Å². The Morgan fingerprint density at radius 1 is 1.00 bits per heavy atom. The smallest absolute Gasteiger partial charge is 0.162 e. The Balaban J connectivity index is 2.61. The van der Waals surface area contributed by atoms with Crippen LogP contribution in [0.4, 0.5) is 5.82 Å². The first kappa shape index (κ1) is 15.2. The molecule has 0 fully saturated rings. The molecule has 1 aromatic heterocycles. The van der Waals surface area contributed by atoms with Crippen LogP contribution in [0.3, 0.4) is 0 Å². The average Bonchev–Trinajstić information content (AvgIpc) is 2.39. The monoisotopic (exact) mass is 381 g/mol. The van der Waals surface area contributed by atoms with Crippen molar-refractivity contribution in [3.63, 3.8) is 0 Å². The van der Waals surface area contributed by atoms with Crippen molar-refractivity contribution in [2.24, 2.45) is 0 Å². The molecule has 1 heterocycles. The summed E-state index contributed by atoms with van der Waals surface area (Å²) in [6, 6.07) is 4.39. The number of aromatic nitrogens is 2. The number of benzene rings is 1. The van der Waals surface area contributed by atoms with Crippen LogP contribution in [0.25, 0.3) is 11.4 Å². The number of rotatable bonds is 3. The van der Waals surface area contributed by atoms with Gasteiger partial charge in [-0.25, -0.2) is 9.97 Å². The lowest BCUT2D eigenvalue weighted by Gasteiger charge is -2.13. The molecule has 0 aliphatic rings. The van der Waals surface area contributed by atoms with Crippen LogP contribution in [0.1, 0.15) is 29.3 Å². The van der Waals surface area contributed by atoms with E-state index in [-0.39, 0.29) is 0 Å². The maximum atomic E-state index is 4.69. The van der Waals surface area contributed by atoms with Crippen LogP contribution in [0.15, 0.2) is 12.1 Å². The molecule has 2 rings (SSSR count). The summed E-state index contributed by atoms with van der Waals surface area (Å²) in [5.74, 6) is 1.73. The van der Waals surface area contributed by atoms with Crippen LogP contribution in [-0.2, 0) is 0 Å². The number of hydrogen-bond acceptors (Lipinski definition) is 3. The second-order valence-electron chi connectivity index (χ2n) is 5.08. The van der Waals surface area contributed by atoms with E-state index in [1.165, 1.54) is 16.7 Å². The Morgan fingerprint density at radius 2 is 1.65 bits per heavy atom. The zero-order valence-electron chi connectivity index (χ0n) is 12.6. The highest BCUT2D eigenvalue weighted by Gasteiger charge is 2.12. The van der Waals surface area contributed by atoms with Gasteiger partial charge in [0.2, 0.25) is 0 Å².